The highest BCUT2D eigenvalue weighted by atomic mass is 35.5. The highest BCUT2D eigenvalue weighted by Crippen LogP contribution is 2.27. The lowest BCUT2D eigenvalue weighted by Gasteiger charge is -2.19. The molecule has 0 radical (unpaired) electrons. The Labute approximate surface area is 114 Å². The molecule has 0 bridgehead atoms. The average molecular weight is 270 g/mol. The second kappa shape index (κ2) is 6.64. The number of amides is 1. The topological polar surface area (TPSA) is 29.5 Å². The van der Waals surface area contributed by atoms with E-state index >= 15 is 0 Å². The molecule has 100 valence electrons. The summed E-state index contributed by atoms with van der Waals surface area (Å²) in [6.07, 6.45) is 0.324. The highest BCUT2D eigenvalue weighted by Gasteiger charge is 2.14. The van der Waals surface area contributed by atoms with Gasteiger partial charge in [-0.2, -0.15) is 0 Å². The van der Waals surface area contributed by atoms with Crippen molar-refractivity contribution in [3.8, 4) is 5.75 Å². The molecule has 0 unspecified atom stereocenters. The highest BCUT2D eigenvalue weighted by molar-refractivity contribution is 6.31. The first-order valence-electron chi connectivity index (χ1n) is 6.14. The van der Waals surface area contributed by atoms with Gasteiger partial charge in [0.25, 0.3) is 0 Å². The minimum absolute atomic E-state index is 0.0956. The third-order valence-electron chi connectivity index (χ3n) is 3.02. The fourth-order valence-corrected chi connectivity index (χ4v) is 2.06. The van der Waals surface area contributed by atoms with Crippen molar-refractivity contribution in [1.29, 1.82) is 0 Å². The molecule has 4 heteroatoms. The molecule has 0 aliphatic carbocycles. The second-order valence-corrected chi connectivity index (χ2v) is 4.56. The lowest BCUT2D eigenvalue weighted by molar-refractivity contribution is -0.130. The number of likely N-dealkylation sites (N-methyl/N-ethyl adjacent to an activating group) is 1. The van der Waals surface area contributed by atoms with Crippen LogP contribution in [-0.2, 0) is 11.2 Å². The molecule has 1 rings (SSSR count). The monoisotopic (exact) mass is 269 g/mol. The largest absolute Gasteiger partial charge is 0.496 e. The summed E-state index contributed by atoms with van der Waals surface area (Å²) in [5.41, 5.74) is 1.79. The molecule has 3 nitrogen and oxygen atoms in total. The Morgan fingerprint density at radius 3 is 2.44 bits per heavy atom. The lowest BCUT2D eigenvalue weighted by atomic mass is 10.1. The molecule has 0 spiro atoms. The maximum Gasteiger partial charge on any atom is 0.227 e. The molecule has 0 saturated heterocycles. The summed E-state index contributed by atoms with van der Waals surface area (Å²) in [5.74, 6) is 0.815. The van der Waals surface area contributed by atoms with Crippen molar-refractivity contribution in [1.82, 2.24) is 4.90 Å². The molecule has 1 amide bonds. The molecule has 0 fully saturated rings. The van der Waals surface area contributed by atoms with Gasteiger partial charge in [-0.1, -0.05) is 11.6 Å². The number of rotatable bonds is 5. The zero-order valence-corrected chi connectivity index (χ0v) is 12.2. The fourth-order valence-electron chi connectivity index (χ4n) is 1.88. The number of methoxy groups -OCH3 is 1. The Bertz CT molecular complexity index is 428. The third kappa shape index (κ3) is 3.39. The Morgan fingerprint density at radius 2 is 1.94 bits per heavy atom. The first-order chi connectivity index (χ1) is 8.53. The zero-order valence-electron chi connectivity index (χ0n) is 11.4. The number of carbonyl (C=O) groups excluding carboxylic acids is 1. The van der Waals surface area contributed by atoms with Crippen LogP contribution in [0.25, 0.3) is 0 Å². The van der Waals surface area contributed by atoms with Crippen molar-refractivity contribution >= 4 is 17.5 Å². The van der Waals surface area contributed by atoms with E-state index in [9.17, 15) is 4.79 Å². The molecular weight excluding hydrogens is 250 g/mol. The van der Waals surface area contributed by atoms with E-state index in [-0.39, 0.29) is 5.91 Å². The van der Waals surface area contributed by atoms with E-state index in [2.05, 4.69) is 0 Å². The maximum atomic E-state index is 12.1. The first kappa shape index (κ1) is 14.8. The van der Waals surface area contributed by atoms with Crippen LogP contribution in [0.4, 0.5) is 0 Å². The van der Waals surface area contributed by atoms with Gasteiger partial charge in [-0.3, -0.25) is 4.79 Å². The molecular formula is C14H20ClNO2. The third-order valence-corrected chi connectivity index (χ3v) is 3.43. The van der Waals surface area contributed by atoms with Crippen molar-refractivity contribution in [3.05, 3.63) is 28.3 Å². The summed E-state index contributed by atoms with van der Waals surface area (Å²) in [6.45, 7) is 7.30. The number of benzene rings is 1. The lowest BCUT2D eigenvalue weighted by Crippen LogP contribution is -2.31. The maximum absolute atomic E-state index is 12.1. The molecule has 18 heavy (non-hydrogen) atoms. The number of aryl methyl sites for hydroxylation is 1. The van der Waals surface area contributed by atoms with Gasteiger partial charge >= 0.3 is 0 Å². The summed E-state index contributed by atoms with van der Waals surface area (Å²) < 4.78 is 5.30. The molecule has 0 saturated carbocycles. The van der Waals surface area contributed by atoms with Crippen molar-refractivity contribution in [2.24, 2.45) is 0 Å². The van der Waals surface area contributed by atoms with Gasteiger partial charge in [0, 0.05) is 23.7 Å². The molecule has 0 atom stereocenters. The van der Waals surface area contributed by atoms with Crippen molar-refractivity contribution in [3.63, 3.8) is 0 Å². The van der Waals surface area contributed by atoms with E-state index in [1.165, 1.54) is 0 Å². The predicted octanol–water partition coefficient (Wildman–Crippen LogP) is 3.07. The number of halogens is 1. The molecule has 0 aliphatic rings. The van der Waals surface area contributed by atoms with Crippen LogP contribution in [0.2, 0.25) is 5.02 Å². The number of hydrogen-bond donors (Lipinski definition) is 0. The van der Waals surface area contributed by atoms with E-state index < -0.39 is 0 Å². The van der Waals surface area contributed by atoms with Crippen LogP contribution in [-0.4, -0.2) is 31.0 Å². The molecule has 0 aromatic heterocycles. The van der Waals surface area contributed by atoms with Gasteiger partial charge in [-0.05, 0) is 38.5 Å². The summed E-state index contributed by atoms with van der Waals surface area (Å²) in [7, 11) is 1.61. The molecule has 0 heterocycles. The predicted molar refractivity (Wildman–Crippen MR) is 74.4 cm³/mol. The van der Waals surface area contributed by atoms with Crippen LogP contribution in [0, 0.1) is 6.92 Å². The quantitative estimate of drug-likeness (QED) is 0.822. The van der Waals surface area contributed by atoms with Crippen molar-refractivity contribution < 1.29 is 9.53 Å². The van der Waals surface area contributed by atoms with Gasteiger partial charge in [-0.25, -0.2) is 0 Å². The normalized spacial score (nSPS) is 10.3. The van der Waals surface area contributed by atoms with Gasteiger partial charge in [0.05, 0.1) is 13.5 Å². The summed E-state index contributed by atoms with van der Waals surface area (Å²) in [5, 5.41) is 0.665. The van der Waals surface area contributed by atoms with E-state index in [1.54, 1.807) is 12.0 Å². The number of ether oxygens (including phenoxy) is 1. The van der Waals surface area contributed by atoms with E-state index in [4.69, 9.17) is 16.3 Å². The van der Waals surface area contributed by atoms with Crippen molar-refractivity contribution in [2.75, 3.05) is 20.2 Å². The minimum atomic E-state index is 0.0956. The minimum Gasteiger partial charge on any atom is -0.496 e. The average Bonchev–Trinajstić information content (AvgIpc) is 2.35. The molecule has 1 aromatic carbocycles. The van der Waals surface area contributed by atoms with Crippen LogP contribution < -0.4 is 4.74 Å². The van der Waals surface area contributed by atoms with Gasteiger partial charge in [0.15, 0.2) is 0 Å². The Morgan fingerprint density at radius 1 is 1.33 bits per heavy atom. The van der Waals surface area contributed by atoms with Crippen LogP contribution in [0.3, 0.4) is 0 Å². The van der Waals surface area contributed by atoms with Gasteiger partial charge in [0.2, 0.25) is 5.91 Å². The van der Waals surface area contributed by atoms with Crippen LogP contribution in [0.15, 0.2) is 12.1 Å². The molecule has 0 aliphatic heterocycles. The molecule has 0 N–H and O–H groups in total. The van der Waals surface area contributed by atoms with Crippen LogP contribution >= 0.6 is 11.6 Å². The Balaban J connectivity index is 2.96. The summed E-state index contributed by atoms with van der Waals surface area (Å²) in [6, 6.07) is 3.68. The van der Waals surface area contributed by atoms with Gasteiger partial charge in [0.1, 0.15) is 5.75 Å². The Hall–Kier alpha value is -1.22. The van der Waals surface area contributed by atoms with E-state index in [1.807, 2.05) is 32.9 Å². The number of hydrogen-bond acceptors (Lipinski definition) is 2. The first-order valence-corrected chi connectivity index (χ1v) is 6.52. The smallest absolute Gasteiger partial charge is 0.227 e. The second-order valence-electron chi connectivity index (χ2n) is 4.16. The van der Waals surface area contributed by atoms with E-state index in [0.29, 0.717) is 11.4 Å². The van der Waals surface area contributed by atoms with Gasteiger partial charge in [-0.15, -0.1) is 0 Å². The van der Waals surface area contributed by atoms with E-state index in [0.717, 1.165) is 30.0 Å². The standard InChI is InChI=1S/C14H20ClNO2/c1-5-16(6-2)14(17)9-11-8-12(15)10(3)7-13(11)18-4/h7-8H,5-6,9H2,1-4H3. The fraction of sp³-hybridized carbons (Fsp3) is 0.500. The Kier molecular flexibility index (Phi) is 5.48. The zero-order chi connectivity index (χ0) is 13.7. The number of carbonyl (C=O) groups is 1. The summed E-state index contributed by atoms with van der Waals surface area (Å²) in [4.78, 5) is 13.9. The van der Waals surface area contributed by atoms with Crippen molar-refractivity contribution in [2.45, 2.75) is 27.2 Å². The van der Waals surface area contributed by atoms with Gasteiger partial charge < -0.3 is 9.64 Å². The molecule has 1 aromatic rings. The SMILES string of the molecule is CCN(CC)C(=O)Cc1cc(Cl)c(C)cc1OC. The van der Waals surface area contributed by atoms with Crippen LogP contribution in [0.5, 0.6) is 5.75 Å². The number of nitrogens with zero attached hydrogens (tertiary/aromatic N) is 1. The summed E-state index contributed by atoms with van der Waals surface area (Å²) >= 11 is 6.09. The van der Waals surface area contributed by atoms with Crippen LogP contribution in [0.1, 0.15) is 25.0 Å².